The van der Waals surface area contributed by atoms with Gasteiger partial charge in [0.1, 0.15) is 5.84 Å². The van der Waals surface area contributed by atoms with E-state index in [0.29, 0.717) is 5.91 Å². The lowest BCUT2D eigenvalue weighted by atomic mass is 10.2. The van der Waals surface area contributed by atoms with Gasteiger partial charge < -0.3 is 4.90 Å². The molecule has 0 aromatic heterocycles. The van der Waals surface area contributed by atoms with Crippen molar-refractivity contribution in [1.29, 1.82) is 0 Å². The van der Waals surface area contributed by atoms with Crippen molar-refractivity contribution in [2.45, 2.75) is 51.4 Å². The summed E-state index contributed by atoms with van der Waals surface area (Å²) in [6.07, 6.45) is 8.76. The van der Waals surface area contributed by atoms with E-state index in [9.17, 15) is 4.79 Å². The third kappa shape index (κ3) is 2.80. The first-order chi connectivity index (χ1) is 7.38. The zero-order valence-corrected chi connectivity index (χ0v) is 9.37. The largest absolute Gasteiger partial charge is 0.301 e. The van der Waals surface area contributed by atoms with E-state index in [0.717, 1.165) is 44.6 Å². The fraction of sp³-hybridized carbons (Fsp3) is 0.833. The van der Waals surface area contributed by atoms with Crippen molar-refractivity contribution in [2.24, 2.45) is 4.99 Å². The molecule has 2 aliphatic heterocycles. The molecule has 0 aromatic rings. The number of amides is 1. The number of hydrogen-bond acceptors (Lipinski definition) is 2. The third-order valence-electron chi connectivity index (χ3n) is 3.24. The van der Waals surface area contributed by atoms with Crippen LogP contribution >= 0.6 is 0 Å². The van der Waals surface area contributed by atoms with Gasteiger partial charge in [-0.25, -0.2) is 0 Å². The average Bonchev–Trinajstić information content (AvgIpc) is 2.59. The molecule has 1 saturated heterocycles. The van der Waals surface area contributed by atoms with Crippen molar-refractivity contribution < 1.29 is 4.79 Å². The Kier molecular flexibility index (Phi) is 3.75. The molecule has 0 bridgehead atoms. The molecule has 1 fully saturated rings. The van der Waals surface area contributed by atoms with Gasteiger partial charge in [-0.05, 0) is 25.7 Å². The molecular weight excluding hydrogens is 188 g/mol. The van der Waals surface area contributed by atoms with Gasteiger partial charge in [0.2, 0.25) is 5.91 Å². The number of hydrogen-bond donors (Lipinski definition) is 0. The highest BCUT2D eigenvalue weighted by Crippen LogP contribution is 2.16. The Labute approximate surface area is 91.6 Å². The van der Waals surface area contributed by atoms with Gasteiger partial charge in [0.05, 0.1) is 0 Å². The van der Waals surface area contributed by atoms with E-state index < -0.39 is 0 Å². The van der Waals surface area contributed by atoms with Crippen molar-refractivity contribution in [3.05, 3.63) is 0 Å². The molecule has 2 heterocycles. The first-order valence-corrected chi connectivity index (χ1v) is 6.21. The molecule has 0 spiro atoms. The normalized spacial score (nSPS) is 24.4. The smallest absolute Gasteiger partial charge is 0.227 e. The molecule has 84 valence electrons. The van der Waals surface area contributed by atoms with Crippen LogP contribution in [0.3, 0.4) is 0 Å². The maximum absolute atomic E-state index is 11.9. The molecule has 15 heavy (non-hydrogen) atoms. The number of carbonyl (C=O) groups is 1. The van der Waals surface area contributed by atoms with E-state index in [1.165, 1.54) is 25.7 Å². The van der Waals surface area contributed by atoms with Crippen molar-refractivity contribution in [3.8, 4) is 0 Å². The van der Waals surface area contributed by atoms with Crippen LogP contribution in [0.15, 0.2) is 4.99 Å². The molecule has 3 heteroatoms. The molecule has 2 aliphatic rings. The zero-order chi connectivity index (χ0) is 10.5. The minimum atomic E-state index is 0.299. The Morgan fingerprint density at radius 2 is 1.73 bits per heavy atom. The lowest BCUT2D eigenvalue weighted by molar-refractivity contribution is -0.127. The highest BCUT2D eigenvalue weighted by molar-refractivity contribution is 5.98. The highest BCUT2D eigenvalue weighted by atomic mass is 16.2. The van der Waals surface area contributed by atoms with Gasteiger partial charge in [0.25, 0.3) is 0 Å². The Hall–Kier alpha value is -0.860. The first-order valence-electron chi connectivity index (χ1n) is 6.21. The quantitative estimate of drug-likeness (QED) is 0.601. The molecule has 0 aromatic carbocycles. The van der Waals surface area contributed by atoms with Crippen LogP contribution in [0.2, 0.25) is 0 Å². The predicted octanol–water partition coefficient (Wildman–Crippen LogP) is 2.36. The molecule has 0 radical (unpaired) electrons. The van der Waals surface area contributed by atoms with E-state index in [2.05, 4.69) is 4.99 Å². The summed E-state index contributed by atoms with van der Waals surface area (Å²) in [4.78, 5) is 18.4. The highest BCUT2D eigenvalue weighted by Gasteiger charge is 2.21. The van der Waals surface area contributed by atoms with Crippen LogP contribution in [-0.4, -0.2) is 29.7 Å². The van der Waals surface area contributed by atoms with Crippen LogP contribution in [0.4, 0.5) is 0 Å². The molecule has 1 amide bonds. The summed E-state index contributed by atoms with van der Waals surface area (Å²) in [6.45, 7) is 1.82. The fourth-order valence-electron chi connectivity index (χ4n) is 2.33. The third-order valence-corrected chi connectivity index (χ3v) is 3.24. The number of carbonyl (C=O) groups excluding carboxylic acids is 1. The second-order valence-electron chi connectivity index (χ2n) is 4.46. The lowest BCUT2D eigenvalue weighted by Crippen LogP contribution is -2.36. The predicted molar refractivity (Wildman–Crippen MR) is 61.0 cm³/mol. The Morgan fingerprint density at radius 1 is 0.933 bits per heavy atom. The molecule has 0 atom stereocenters. The number of aliphatic imine (C=N–C) groups is 1. The minimum Gasteiger partial charge on any atom is -0.301 e. The summed E-state index contributed by atoms with van der Waals surface area (Å²) >= 11 is 0. The van der Waals surface area contributed by atoms with Crippen molar-refractivity contribution in [3.63, 3.8) is 0 Å². The van der Waals surface area contributed by atoms with Crippen LogP contribution in [0.5, 0.6) is 0 Å². The second-order valence-corrected chi connectivity index (χ2v) is 4.46. The fourth-order valence-corrected chi connectivity index (χ4v) is 2.33. The zero-order valence-electron chi connectivity index (χ0n) is 9.37. The molecule has 0 saturated carbocycles. The molecule has 2 rings (SSSR count). The van der Waals surface area contributed by atoms with E-state index in [1.54, 1.807) is 0 Å². The van der Waals surface area contributed by atoms with Crippen molar-refractivity contribution >= 4 is 11.7 Å². The Bertz CT molecular complexity index is 260. The minimum absolute atomic E-state index is 0.299. The first kappa shape index (κ1) is 10.7. The molecule has 0 aliphatic carbocycles. The maximum Gasteiger partial charge on any atom is 0.227 e. The van der Waals surface area contributed by atoms with Gasteiger partial charge in [-0.1, -0.05) is 12.8 Å². The Balaban J connectivity index is 2.05. The van der Waals surface area contributed by atoms with Gasteiger partial charge in [0, 0.05) is 25.9 Å². The average molecular weight is 208 g/mol. The summed E-state index contributed by atoms with van der Waals surface area (Å²) < 4.78 is 0. The monoisotopic (exact) mass is 208 g/mol. The van der Waals surface area contributed by atoms with E-state index in [4.69, 9.17) is 0 Å². The standard InChI is InChI=1S/C12H20N2O/c15-12-8-4-2-6-10-14(12)11-7-3-1-5-9-13-11/h1-10H2. The molecular formula is C12H20N2O. The molecule has 0 unspecified atom stereocenters. The molecule has 0 N–H and O–H groups in total. The van der Waals surface area contributed by atoms with Crippen molar-refractivity contribution in [1.82, 2.24) is 4.90 Å². The number of nitrogens with zero attached hydrogens (tertiary/aromatic N) is 2. The van der Waals surface area contributed by atoms with Crippen LogP contribution in [-0.2, 0) is 4.79 Å². The van der Waals surface area contributed by atoms with Gasteiger partial charge in [-0.3, -0.25) is 9.79 Å². The second kappa shape index (κ2) is 5.29. The number of rotatable bonds is 0. The molecule has 3 nitrogen and oxygen atoms in total. The van der Waals surface area contributed by atoms with Crippen molar-refractivity contribution in [2.75, 3.05) is 13.1 Å². The topological polar surface area (TPSA) is 32.7 Å². The van der Waals surface area contributed by atoms with Gasteiger partial charge in [-0.15, -0.1) is 0 Å². The van der Waals surface area contributed by atoms with Gasteiger partial charge in [0.15, 0.2) is 0 Å². The van der Waals surface area contributed by atoms with Gasteiger partial charge in [-0.2, -0.15) is 0 Å². The SMILES string of the molecule is O=C1CCCCCN1C1=NCCCCC1. The number of likely N-dealkylation sites (tertiary alicyclic amines) is 1. The summed E-state index contributed by atoms with van der Waals surface area (Å²) in [5.41, 5.74) is 0. The van der Waals surface area contributed by atoms with E-state index >= 15 is 0 Å². The van der Waals surface area contributed by atoms with Crippen LogP contribution in [0, 0.1) is 0 Å². The Morgan fingerprint density at radius 3 is 2.67 bits per heavy atom. The van der Waals surface area contributed by atoms with E-state index in [1.807, 2.05) is 4.90 Å². The summed E-state index contributed by atoms with van der Waals surface area (Å²) in [7, 11) is 0. The maximum atomic E-state index is 11.9. The number of amidine groups is 1. The van der Waals surface area contributed by atoms with Crippen LogP contribution in [0.1, 0.15) is 51.4 Å². The van der Waals surface area contributed by atoms with Crippen LogP contribution in [0.25, 0.3) is 0 Å². The van der Waals surface area contributed by atoms with Crippen LogP contribution < -0.4 is 0 Å². The van der Waals surface area contributed by atoms with E-state index in [-0.39, 0.29) is 0 Å². The summed E-state index contributed by atoms with van der Waals surface area (Å²) in [6, 6.07) is 0. The summed E-state index contributed by atoms with van der Waals surface area (Å²) in [5, 5.41) is 0. The summed E-state index contributed by atoms with van der Waals surface area (Å²) in [5.74, 6) is 1.37. The lowest BCUT2D eigenvalue weighted by Gasteiger charge is -2.21. The van der Waals surface area contributed by atoms with Gasteiger partial charge >= 0.3 is 0 Å².